The monoisotopic (exact) mass is 260 g/mol. The standard InChI is InChI=1S/C15H16O4/c1-3-7-12-8-5-6-9-13(12)15(17)19-11-10-18-14(16)4-2/h3-9H,2,10-11H2,1H3/b7-3+. The van der Waals surface area contributed by atoms with E-state index in [0.29, 0.717) is 5.56 Å². The van der Waals surface area contributed by atoms with Crippen LogP contribution in [0.5, 0.6) is 0 Å². The summed E-state index contributed by atoms with van der Waals surface area (Å²) in [4.78, 5) is 22.6. The predicted octanol–water partition coefficient (Wildman–Crippen LogP) is 2.61. The fourth-order valence-electron chi connectivity index (χ4n) is 1.42. The second-order valence-electron chi connectivity index (χ2n) is 3.59. The van der Waals surface area contributed by atoms with Gasteiger partial charge in [-0.1, -0.05) is 36.9 Å². The molecule has 0 saturated heterocycles. The number of carbonyl (C=O) groups excluding carboxylic acids is 2. The molecule has 0 heterocycles. The minimum absolute atomic E-state index is 0.0162. The van der Waals surface area contributed by atoms with Crippen molar-refractivity contribution in [1.29, 1.82) is 0 Å². The molecule has 0 saturated carbocycles. The summed E-state index contributed by atoms with van der Waals surface area (Å²) >= 11 is 0. The minimum Gasteiger partial charge on any atom is -0.459 e. The van der Waals surface area contributed by atoms with Crippen LogP contribution < -0.4 is 0 Å². The Morgan fingerprint density at radius 2 is 1.89 bits per heavy atom. The number of allylic oxidation sites excluding steroid dienone is 1. The summed E-state index contributed by atoms with van der Waals surface area (Å²) in [7, 11) is 0. The van der Waals surface area contributed by atoms with Gasteiger partial charge in [0.25, 0.3) is 0 Å². The molecular formula is C15H16O4. The molecule has 0 unspecified atom stereocenters. The molecule has 0 aliphatic carbocycles. The van der Waals surface area contributed by atoms with Crippen LogP contribution in [0.2, 0.25) is 0 Å². The van der Waals surface area contributed by atoms with Crippen LogP contribution in [0.15, 0.2) is 43.0 Å². The van der Waals surface area contributed by atoms with E-state index < -0.39 is 11.9 Å². The summed E-state index contributed by atoms with van der Waals surface area (Å²) in [5.41, 5.74) is 1.27. The second-order valence-corrected chi connectivity index (χ2v) is 3.59. The molecule has 1 rings (SSSR count). The highest BCUT2D eigenvalue weighted by molar-refractivity contribution is 5.93. The van der Waals surface area contributed by atoms with Gasteiger partial charge in [-0.2, -0.15) is 0 Å². The van der Waals surface area contributed by atoms with Gasteiger partial charge in [-0.05, 0) is 18.6 Å². The van der Waals surface area contributed by atoms with E-state index in [-0.39, 0.29) is 13.2 Å². The first-order valence-corrected chi connectivity index (χ1v) is 5.87. The van der Waals surface area contributed by atoms with Gasteiger partial charge in [-0.3, -0.25) is 0 Å². The van der Waals surface area contributed by atoms with Gasteiger partial charge in [0, 0.05) is 6.08 Å². The van der Waals surface area contributed by atoms with Crippen LogP contribution in [0.3, 0.4) is 0 Å². The number of benzene rings is 1. The van der Waals surface area contributed by atoms with Crippen molar-refractivity contribution in [3.05, 3.63) is 54.1 Å². The molecule has 0 bridgehead atoms. The van der Waals surface area contributed by atoms with E-state index >= 15 is 0 Å². The van der Waals surface area contributed by atoms with Crippen molar-refractivity contribution in [2.75, 3.05) is 13.2 Å². The lowest BCUT2D eigenvalue weighted by Crippen LogP contribution is -2.13. The summed E-state index contributed by atoms with van der Waals surface area (Å²) in [5, 5.41) is 0. The number of ether oxygens (including phenoxy) is 2. The molecule has 0 fully saturated rings. The predicted molar refractivity (Wildman–Crippen MR) is 72.6 cm³/mol. The third kappa shape index (κ3) is 4.79. The van der Waals surface area contributed by atoms with Crippen LogP contribution in [-0.2, 0) is 14.3 Å². The van der Waals surface area contributed by atoms with Crippen LogP contribution in [-0.4, -0.2) is 25.2 Å². The molecule has 0 radical (unpaired) electrons. The molecule has 0 amide bonds. The minimum atomic E-state index is -0.537. The first-order valence-electron chi connectivity index (χ1n) is 5.87. The molecule has 1 aromatic carbocycles. The van der Waals surface area contributed by atoms with E-state index in [2.05, 4.69) is 6.58 Å². The number of carbonyl (C=O) groups is 2. The highest BCUT2D eigenvalue weighted by Gasteiger charge is 2.10. The summed E-state index contributed by atoms with van der Waals surface area (Å²) in [6.45, 7) is 5.17. The Hall–Kier alpha value is -2.36. The van der Waals surface area contributed by atoms with Crippen LogP contribution in [0.4, 0.5) is 0 Å². The van der Waals surface area contributed by atoms with Gasteiger partial charge in [0.05, 0.1) is 5.56 Å². The van der Waals surface area contributed by atoms with Gasteiger partial charge in [-0.25, -0.2) is 9.59 Å². The molecule has 0 aliphatic rings. The lowest BCUT2D eigenvalue weighted by Gasteiger charge is -2.07. The third-order valence-corrected chi connectivity index (χ3v) is 2.25. The lowest BCUT2D eigenvalue weighted by molar-refractivity contribution is -0.138. The van der Waals surface area contributed by atoms with E-state index in [1.807, 2.05) is 31.2 Å². The lowest BCUT2D eigenvalue weighted by atomic mass is 10.1. The molecule has 1 aromatic rings. The number of esters is 2. The van der Waals surface area contributed by atoms with Gasteiger partial charge in [-0.15, -0.1) is 0 Å². The zero-order valence-corrected chi connectivity index (χ0v) is 10.8. The smallest absolute Gasteiger partial charge is 0.338 e. The van der Waals surface area contributed by atoms with E-state index in [9.17, 15) is 9.59 Å². The molecule has 19 heavy (non-hydrogen) atoms. The van der Waals surface area contributed by atoms with Gasteiger partial charge in [0.2, 0.25) is 0 Å². The molecule has 0 spiro atoms. The van der Waals surface area contributed by atoms with Gasteiger partial charge < -0.3 is 9.47 Å². The Bertz CT molecular complexity index is 489. The number of rotatable bonds is 6. The Morgan fingerprint density at radius 3 is 2.58 bits per heavy atom. The number of hydrogen-bond donors (Lipinski definition) is 0. The van der Waals surface area contributed by atoms with Crippen molar-refractivity contribution >= 4 is 18.0 Å². The Labute approximate surface area is 112 Å². The quantitative estimate of drug-likeness (QED) is 0.448. The average molecular weight is 260 g/mol. The van der Waals surface area contributed by atoms with E-state index in [1.54, 1.807) is 12.1 Å². The van der Waals surface area contributed by atoms with E-state index in [0.717, 1.165) is 11.6 Å². The fourth-order valence-corrected chi connectivity index (χ4v) is 1.42. The van der Waals surface area contributed by atoms with Crippen LogP contribution >= 0.6 is 0 Å². The van der Waals surface area contributed by atoms with Crippen LogP contribution in [0.1, 0.15) is 22.8 Å². The molecule has 0 N–H and O–H groups in total. The van der Waals surface area contributed by atoms with E-state index in [4.69, 9.17) is 9.47 Å². The molecule has 4 heteroatoms. The SMILES string of the molecule is C=CC(=O)OCCOC(=O)c1ccccc1/C=C/C. The van der Waals surface area contributed by atoms with Crippen molar-refractivity contribution < 1.29 is 19.1 Å². The molecule has 0 aliphatic heterocycles. The molecule has 100 valence electrons. The summed E-state index contributed by atoms with van der Waals surface area (Å²) in [6.07, 6.45) is 4.73. The Balaban J connectivity index is 2.54. The maximum absolute atomic E-state index is 11.8. The highest BCUT2D eigenvalue weighted by Crippen LogP contribution is 2.12. The Kier molecular flexibility index (Phi) is 6.09. The van der Waals surface area contributed by atoms with Crippen LogP contribution in [0, 0.1) is 0 Å². The molecule has 4 nitrogen and oxygen atoms in total. The maximum Gasteiger partial charge on any atom is 0.338 e. The van der Waals surface area contributed by atoms with Crippen molar-refractivity contribution in [1.82, 2.24) is 0 Å². The second kappa shape index (κ2) is 7.87. The van der Waals surface area contributed by atoms with Crippen LogP contribution in [0.25, 0.3) is 6.08 Å². The zero-order chi connectivity index (χ0) is 14.1. The van der Waals surface area contributed by atoms with E-state index in [1.165, 1.54) is 0 Å². The maximum atomic E-state index is 11.8. The Morgan fingerprint density at radius 1 is 1.21 bits per heavy atom. The topological polar surface area (TPSA) is 52.6 Å². The summed E-state index contributed by atoms with van der Waals surface area (Å²) in [5.74, 6) is -0.978. The highest BCUT2D eigenvalue weighted by atomic mass is 16.6. The molecule has 0 aromatic heterocycles. The third-order valence-electron chi connectivity index (χ3n) is 2.25. The average Bonchev–Trinajstić information content (AvgIpc) is 2.44. The normalized spacial score (nSPS) is 10.2. The first kappa shape index (κ1) is 14.7. The summed E-state index contributed by atoms with van der Waals surface area (Å²) < 4.78 is 9.73. The molecular weight excluding hydrogens is 244 g/mol. The van der Waals surface area contributed by atoms with Crippen molar-refractivity contribution in [2.45, 2.75) is 6.92 Å². The number of hydrogen-bond acceptors (Lipinski definition) is 4. The van der Waals surface area contributed by atoms with Crippen molar-refractivity contribution in [3.8, 4) is 0 Å². The van der Waals surface area contributed by atoms with Crippen molar-refractivity contribution in [2.24, 2.45) is 0 Å². The van der Waals surface area contributed by atoms with Gasteiger partial charge in [0.15, 0.2) is 0 Å². The van der Waals surface area contributed by atoms with Gasteiger partial charge in [0.1, 0.15) is 13.2 Å². The summed E-state index contributed by atoms with van der Waals surface area (Å²) in [6, 6.07) is 7.13. The van der Waals surface area contributed by atoms with Crippen molar-refractivity contribution in [3.63, 3.8) is 0 Å². The fraction of sp³-hybridized carbons (Fsp3) is 0.200. The largest absolute Gasteiger partial charge is 0.459 e. The molecule has 0 atom stereocenters. The van der Waals surface area contributed by atoms with Gasteiger partial charge >= 0.3 is 11.9 Å². The zero-order valence-electron chi connectivity index (χ0n) is 10.8. The first-order chi connectivity index (χ1) is 9.19.